The van der Waals surface area contributed by atoms with Gasteiger partial charge in [-0.2, -0.15) is 5.26 Å². The SMILES string of the molecule is N#CCC(=O)Nc1ccc(CNc2cc(Nc3ccc(N4CCOCC4)cc3)ncn2)cc1. The number of benzene rings is 2. The van der Waals surface area contributed by atoms with E-state index in [2.05, 4.69) is 43.0 Å². The molecule has 0 aliphatic carbocycles. The number of amides is 1. The van der Waals surface area contributed by atoms with Gasteiger partial charge < -0.3 is 25.6 Å². The van der Waals surface area contributed by atoms with Crippen molar-refractivity contribution >= 4 is 34.6 Å². The molecule has 0 unspecified atom stereocenters. The van der Waals surface area contributed by atoms with Gasteiger partial charge >= 0.3 is 0 Å². The van der Waals surface area contributed by atoms with Crippen molar-refractivity contribution in [1.82, 2.24) is 9.97 Å². The second kappa shape index (κ2) is 10.9. The molecule has 9 heteroatoms. The molecule has 0 atom stereocenters. The highest BCUT2D eigenvalue weighted by atomic mass is 16.5. The highest BCUT2D eigenvalue weighted by Crippen LogP contribution is 2.22. The molecule has 2 heterocycles. The number of carbonyl (C=O) groups is 1. The molecule has 3 aromatic rings. The van der Waals surface area contributed by atoms with Crippen molar-refractivity contribution in [2.45, 2.75) is 13.0 Å². The van der Waals surface area contributed by atoms with E-state index in [0.29, 0.717) is 23.9 Å². The number of nitrogens with zero attached hydrogens (tertiary/aromatic N) is 4. The molecule has 0 bridgehead atoms. The summed E-state index contributed by atoms with van der Waals surface area (Å²) < 4.78 is 5.41. The summed E-state index contributed by atoms with van der Waals surface area (Å²) in [5.74, 6) is 1.08. The van der Waals surface area contributed by atoms with Crippen LogP contribution in [-0.2, 0) is 16.1 Å². The van der Waals surface area contributed by atoms with Gasteiger partial charge in [-0.25, -0.2) is 9.97 Å². The monoisotopic (exact) mass is 443 g/mol. The first-order valence-electron chi connectivity index (χ1n) is 10.7. The van der Waals surface area contributed by atoms with Crippen LogP contribution in [0.2, 0.25) is 0 Å². The summed E-state index contributed by atoms with van der Waals surface area (Å²) in [6, 6.07) is 19.4. The van der Waals surface area contributed by atoms with Crippen molar-refractivity contribution in [2.24, 2.45) is 0 Å². The summed E-state index contributed by atoms with van der Waals surface area (Å²) in [5, 5.41) is 17.8. The van der Waals surface area contributed by atoms with E-state index in [9.17, 15) is 4.79 Å². The maximum atomic E-state index is 11.5. The minimum Gasteiger partial charge on any atom is -0.378 e. The molecule has 4 rings (SSSR count). The molecule has 0 radical (unpaired) electrons. The fourth-order valence-electron chi connectivity index (χ4n) is 3.42. The number of aromatic nitrogens is 2. The van der Waals surface area contributed by atoms with Gasteiger partial charge in [0.05, 0.1) is 19.3 Å². The normalized spacial score (nSPS) is 13.1. The van der Waals surface area contributed by atoms with E-state index in [1.54, 1.807) is 12.1 Å². The zero-order chi connectivity index (χ0) is 22.9. The van der Waals surface area contributed by atoms with E-state index in [4.69, 9.17) is 10.00 Å². The van der Waals surface area contributed by atoms with Gasteiger partial charge in [-0.1, -0.05) is 12.1 Å². The molecular formula is C24H25N7O2. The van der Waals surface area contributed by atoms with Crippen LogP contribution in [0.1, 0.15) is 12.0 Å². The van der Waals surface area contributed by atoms with Crippen molar-refractivity contribution in [3.8, 4) is 6.07 Å². The summed E-state index contributed by atoms with van der Waals surface area (Å²) in [6.07, 6.45) is 1.35. The van der Waals surface area contributed by atoms with Crippen LogP contribution in [0.4, 0.5) is 28.7 Å². The van der Waals surface area contributed by atoms with Crippen LogP contribution in [0.25, 0.3) is 0 Å². The number of carbonyl (C=O) groups excluding carboxylic acids is 1. The lowest BCUT2D eigenvalue weighted by Gasteiger charge is -2.28. The molecule has 1 amide bonds. The first kappa shape index (κ1) is 22.0. The minimum atomic E-state index is -0.319. The van der Waals surface area contributed by atoms with E-state index in [1.165, 1.54) is 12.0 Å². The summed E-state index contributed by atoms with van der Waals surface area (Å²) in [6.45, 7) is 3.91. The predicted octanol–water partition coefficient (Wildman–Crippen LogP) is 3.52. The van der Waals surface area contributed by atoms with Crippen LogP contribution in [0.5, 0.6) is 0 Å². The molecule has 1 aromatic heterocycles. The standard InChI is InChI=1S/C24H25N7O2/c25-10-9-24(32)30-20-3-1-18(2-4-20)16-26-22-15-23(28-17-27-22)29-19-5-7-21(8-6-19)31-11-13-33-14-12-31/h1-8,15,17H,9,11-14,16H2,(H,30,32)(H2,26,27,28,29). The van der Waals surface area contributed by atoms with E-state index in [0.717, 1.165) is 37.6 Å². The Morgan fingerprint density at radius 2 is 1.70 bits per heavy atom. The Balaban J connectivity index is 1.31. The Kier molecular flexibility index (Phi) is 7.30. The molecule has 0 saturated carbocycles. The molecule has 9 nitrogen and oxygen atoms in total. The van der Waals surface area contributed by atoms with Gasteiger partial charge in [0.25, 0.3) is 0 Å². The number of anilines is 5. The molecule has 2 aromatic carbocycles. The van der Waals surface area contributed by atoms with Crippen LogP contribution in [0.15, 0.2) is 60.9 Å². The average molecular weight is 444 g/mol. The van der Waals surface area contributed by atoms with E-state index >= 15 is 0 Å². The molecular weight excluding hydrogens is 418 g/mol. The first-order chi connectivity index (χ1) is 16.2. The lowest BCUT2D eigenvalue weighted by Crippen LogP contribution is -2.36. The maximum Gasteiger partial charge on any atom is 0.238 e. The third kappa shape index (κ3) is 6.41. The Bertz CT molecular complexity index is 1100. The van der Waals surface area contributed by atoms with E-state index in [1.807, 2.05) is 36.4 Å². The van der Waals surface area contributed by atoms with Crippen molar-refractivity contribution in [1.29, 1.82) is 5.26 Å². The summed E-state index contributed by atoms with van der Waals surface area (Å²) in [5.41, 5.74) is 3.82. The van der Waals surface area contributed by atoms with E-state index in [-0.39, 0.29) is 12.3 Å². The van der Waals surface area contributed by atoms with Gasteiger partial charge in [0.2, 0.25) is 5.91 Å². The van der Waals surface area contributed by atoms with Gasteiger partial charge in [-0.15, -0.1) is 0 Å². The first-order valence-corrected chi connectivity index (χ1v) is 10.7. The molecule has 1 aliphatic rings. The van der Waals surface area contributed by atoms with Crippen LogP contribution in [0.3, 0.4) is 0 Å². The molecule has 0 spiro atoms. The quantitative estimate of drug-likeness (QED) is 0.484. The Labute approximate surface area is 192 Å². The largest absolute Gasteiger partial charge is 0.378 e. The van der Waals surface area contributed by atoms with Gasteiger partial charge in [0.1, 0.15) is 24.4 Å². The molecule has 1 saturated heterocycles. The van der Waals surface area contributed by atoms with Crippen LogP contribution < -0.4 is 20.9 Å². The van der Waals surface area contributed by atoms with Gasteiger partial charge in [-0.3, -0.25) is 4.79 Å². The fraction of sp³-hybridized carbons (Fsp3) is 0.250. The zero-order valence-electron chi connectivity index (χ0n) is 18.1. The lowest BCUT2D eigenvalue weighted by molar-refractivity contribution is -0.115. The van der Waals surface area contributed by atoms with Crippen molar-refractivity contribution in [2.75, 3.05) is 47.2 Å². The van der Waals surface area contributed by atoms with Gasteiger partial charge in [-0.05, 0) is 42.0 Å². The van der Waals surface area contributed by atoms with Gasteiger partial charge in [0.15, 0.2) is 0 Å². The summed E-state index contributed by atoms with van der Waals surface area (Å²) in [7, 11) is 0. The van der Waals surface area contributed by atoms with Crippen LogP contribution in [0, 0.1) is 11.3 Å². The number of nitrogens with one attached hydrogen (secondary N) is 3. The number of rotatable bonds is 8. The van der Waals surface area contributed by atoms with E-state index < -0.39 is 0 Å². The molecule has 1 aliphatic heterocycles. The van der Waals surface area contributed by atoms with Crippen molar-refractivity contribution < 1.29 is 9.53 Å². The smallest absolute Gasteiger partial charge is 0.238 e. The van der Waals surface area contributed by atoms with Crippen LogP contribution >= 0.6 is 0 Å². The number of hydrogen-bond acceptors (Lipinski definition) is 8. The molecule has 168 valence electrons. The Hall–Kier alpha value is -4.16. The third-order valence-corrected chi connectivity index (χ3v) is 5.13. The second-order valence-corrected chi connectivity index (χ2v) is 7.49. The van der Waals surface area contributed by atoms with Gasteiger partial charge in [0, 0.05) is 42.8 Å². The Morgan fingerprint density at radius 1 is 1.00 bits per heavy atom. The van der Waals surface area contributed by atoms with Crippen molar-refractivity contribution in [3.05, 3.63) is 66.5 Å². The third-order valence-electron chi connectivity index (χ3n) is 5.13. The Morgan fingerprint density at radius 3 is 2.42 bits per heavy atom. The molecule has 1 fully saturated rings. The topological polar surface area (TPSA) is 115 Å². The molecule has 3 N–H and O–H groups in total. The zero-order valence-corrected chi connectivity index (χ0v) is 18.1. The fourth-order valence-corrected chi connectivity index (χ4v) is 3.42. The van der Waals surface area contributed by atoms with Crippen LogP contribution in [-0.4, -0.2) is 42.2 Å². The molecule has 33 heavy (non-hydrogen) atoms. The summed E-state index contributed by atoms with van der Waals surface area (Å²) >= 11 is 0. The number of nitriles is 1. The van der Waals surface area contributed by atoms with Crippen molar-refractivity contribution in [3.63, 3.8) is 0 Å². The lowest BCUT2D eigenvalue weighted by atomic mass is 10.2. The highest BCUT2D eigenvalue weighted by Gasteiger charge is 2.11. The maximum absolute atomic E-state index is 11.5. The summed E-state index contributed by atoms with van der Waals surface area (Å²) in [4.78, 5) is 22.4. The number of hydrogen-bond donors (Lipinski definition) is 3. The highest BCUT2D eigenvalue weighted by molar-refractivity contribution is 5.92. The number of ether oxygens (including phenoxy) is 1. The second-order valence-electron chi connectivity index (χ2n) is 7.49. The minimum absolute atomic E-state index is 0.161. The average Bonchev–Trinajstić information content (AvgIpc) is 2.85. The number of morpholine rings is 1. The predicted molar refractivity (Wildman–Crippen MR) is 127 cm³/mol.